The molecule has 140 valence electrons. The molecule has 0 bridgehead atoms. The van der Waals surface area contributed by atoms with E-state index in [1.165, 1.54) is 11.3 Å². The van der Waals surface area contributed by atoms with Crippen molar-refractivity contribution in [1.29, 1.82) is 0 Å². The van der Waals surface area contributed by atoms with E-state index in [-0.39, 0.29) is 0 Å². The van der Waals surface area contributed by atoms with Crippen LogP contribution in [0.5, 0.6) is 0 Å². The fourth-order valence-corrected chi connectivity index (χ4v) is 3.84. The van der Waals surface area contributed by atoms with E-state index >= 15 is 0 Å². The minimum Gasteiger partial charge on any atom is -0.388 e. The Labute approximate surface area is 170 Å². The van der Waals surface area contributed by atoms with Gasteiger partial charge in [-0.2, -0.15) is 0 Å². The van der Waals surface area contributed by atoms with Gasteiger partial charge in [0.05, 0.1) is 6.10 Å². The lowest BCUT2D eigenvalue weighted by Crippen LogP contribution is -2.21. The SMILES string of the molecule is CCc1ccccc1N(C)CCC(O)c1cc(Br)ccc1-c1ccccc1. The van der Waals surface area contributed by atoms with Crippen molar-refractivity contribution in [2.24, 2.45) is 0 Å². The van der Waals surface area contributed by atoms with E-state index in [1.807, 2.05) is 30.3 Å². The maximum Gasteiger partial charge on any atom is 0.0813 e. The van der Waals surface area contributed by atoms with E-state index in [0.717, 1.165) is 34.1 Å². The molecule has 1 unspecified atom stereocenters. The number of benzene rings is 3. The molecule has 0 spiro atoms. The van der Waals surface area contributed by atoms with Crippen LogP contribution in [0.2, 0.25) is 0 Å². The van der Waals surface area contributed by atoms with Crippen molar-refractivity contribution in [3.8, 4) is 11.1 Å². The summed E-state index contributed by atoms with van der Waals surface area (Å²) < 4.78 is 0.987. The zero-order chi connectivity index (χ0) is 19.2. The van der Waals surface area contributed by atoms with Gasteiger partial charge in [-0.1, -0.05) is 77.5 Å². The molecule has 3 heteroatoms. The summed E-state index contributed by atoms with van der Waals surface area (Å²) in [6.07, 6.45) is 1.16. The van der Waals surface area contributed by atoms with Gasteiger partial charge < -0.3 is 10.0 Å². The van der Waals surface area contributed by atoms with Gasteiger partial charge >= 0.3 is 0 Å². The molecule has 2 nitrogen and oxygen atoms in total. The van der Waals surface area contributed by atoms with Crippen molar-refractivity contribution in [2.45, 2.75) is 25.9 Å². The Morgan fingerprint density at radius 2 is 1.67 bits per heavy atom. The minimum atomic E-state index is -0.519. The quantitative estimate of drug-likeness (QED) is 0.486. The van der Waals surface area contributed by atoms with Crippen LogP contribution in [-0.4, -0.2) is 18.7 Å². The van der Waals surface area contributed by atoms with Crippen molar-refractivity contribution >= 4 is 21.6 Å². The molecule has 27 heavy (non-hydrogen) atoms. The molecule has 0 heterocycles. The van der Waals surface area contributed by atoms with Crippen LogP contribution in [0.1, 0.15) is 30.6 Å². The normalized spacial score (nSPS) is 12.0. The van der Waals surface area contributed by atoms with E-state index in [1.54, 1.807) is 0 Å². The first-order valence-corrected chi connectivity index (χ1v) is 10.2. The molecule has 0 saturated carbocycles. The lowest BCUT2D eigenvalue weighted by molar-refractivity contribution is 0.170. The molecule has 3 rings (SSSR count). The van der Waals surface area contributed by atoms with Gasteiger partial charge in [0.15, 0.2) is 0 Å². The van der Waals surface area contributed by atoms with E-state index in [2.05, 4.69) is 77.3 Å². The maximum absolute atomic E-state index is 11.0. The molecule has 1 atom stereocenters. The summed E-state index contributed by atoms with van der Waals surface area (Å²) in [5.74, 6) is 0. The van der Waals surface area contributed by atoms with Gasteiger partial charge in [0.1, 0.15) is 0 Å². The van der Waals surface area contributed by atoms with Crippen LogP contribution < -0.4 is 4.90 Å². The number of nitrogens with zero attached hydrogens (tertiary/aromatic N) is 1. The Morgan fingerprint density at radius 3 is 2.41 bits per heavy atom. The van der Waals surface area contributed by atoms with Gasteiger partial charge in [-0.25, -0.2) is 0 Å². The second-order valence-electron chi connectivity index (χ2n) is 6.81. The molecule has 0 aliphatic carbocycles. The van der Waals surface area contributed by atoms with Crippen LogP contribution in [0.25, 0.3) is 11.1 Å². The van der Waals surface area contributed by atoms with Crippen molar-refractivity contribution in [3.63, 3.8) is 0 Å². The second kappa shape index (κ2) is 9.20. The largest absolute Gasteiger partial charge is 0.388 e. The Hall–Kier alpha value is -2.10. The molecule has 1 N–H and O–H groups in total. The highest BCUT2D eigenvalue weighted by molar-refractivity contribution is 9.10. The first-order valence-electron chi connectivity index (χ1n) is 9.42. The van der Waals surface area contributed by atoms with E-state index in [0.29, 0.717) is 6.42 Å². The summed E-state index contributed by atoms with van der Waals surface area (Å²) in [5.41, 5.74) is 5.76. The monoisotopic (exact) mass is 423 g/mol. The highest BCUT2D eigenvalue weighted by Crippen LogP contribution is 2.32. The Kier molecular flexibility index (Phi) is 6.70. The molecular formula is C24H26BrNO. The summed E-state index contributed by atoms with van der Waals surface area (Å²) in [7, 11) is 2.10. The summed E-state index contributed by atoms with van der Waals surface area (Å²) in [5, 5.41) is 11.0. The van der Waals surface area contributed by atoms with Crippen LogP contribution in [0.15, 0.2) is 77.3 Å². The zero-order valence-electron chi connectivity index (χ0n) is 15.9. The number of halogens is 1. The average Bonchev–Trinajstić information content (AvgIpc) is 2.72. The summed E-state index contributed by atoms with van der Waals surface area (Å²) in [6, 6.07) is 24.9. The van der Waals surface area contributed by atoms with Crippen molar-refractivity contribution in [2.75, 3.05) is 18.5 Å². The Morgan fingerprint density at radius 1 is 0.963 bits per heavy atom. The van der Waals surface area contributed by atoms with Crippen molar-refractivity contribution < 1.29 is 5.11 Å². The van der Waals surface area contributed by atoms with Crippen LogP contribution in [-0.2, 0) is 6.42 Å². The van der Waals surface area contributed by atoms with Crippen molar-refractivity contribution in [1.82, 2.24) is 0 Å². The molecular weight excluding hydrogens is 398 g/mol. The highest BCUT2D eigenvalue weighted by Gasteiger charge is 2.16. The number of anilines is 1. The number of hydrogen-bond donors (Lipinski definition) is 1. The van der Waals surface area contributed by atoms with Gasteiger partial charge in [-0.05, 0) is 53.3 Å². The zero-order valence-corrected chi connectivity index (χ0v) is 17.5. The number of aliphatic hydroxyl groups is 1. The molecule has 0 amide bonds. The van der Waals surface area contributed by atoms with Crippen LogP contribution in [0.4, 0.5) is 5.69 Å². The predicted molar refractivity (Wildman–Crippen MR) is 118 cm³/mol. The fraction of sp³-hybridized carbons (Fsp3) is 0.250. The summed E-state index contributed by atoms with van der Waals surface area (Å²) >= 11 is 3.55. The third kappa shape index (κ3) is 4.79. The van der Waals surface area contributed by atoms with Crippen LogP contribution in [0.3, 0.4) is 0 Å². The number of rotatable bonds is 7. The molecule has 3 aromatic carbocycles. The predicted octanol–water partition coefficient (Wildman–Crippen LogP) is 6.24. The number of hydrogen-bond acceptors (Lipinski definition) is 2. The summed E-state index contributed by atoms with van der Waals surface area (Å²) in [6.45, 7) is 2.97. The molecule has 0 aliphatic rings. The van der Waals surface area contributed by atoms with Gasteiger partial charge in [-0.3, -0.25) is 0 Å². The fourth-order valence-electron chi connectivity index (χ4n) is 3.46. The first kappa shape index (κ1) is 19.7. The standard InChI is InChI=1S/C24H26BrNO/c1-3-18-9-7-8-12-23(18)26(2)16-15-24(27)22-17-20(25)13-14-21(22)19-10-5-4-6-11-19/h4-14,17,24,27H,3,15-16H2,1-2H3. The first-order chi connectivity index (χ1) is 13.1. The number of aliphatic hydroxyl groups excluding tert-OH is 1. The van der Waals surface area contributed by atoms with Gasteiger partial charge in [0.2, 0.25) is 0 Å². The Balaban J connectivity index is 1.78. The lowest BCUT2D eigenvalue weighted by Gasteiger charge is -2.24. The number of aryl methyl sites for hydroxylation is 1. The molecule has 0 aromatic heterocycles. The van der Waals surface area contributed by atoms with Crippen LogP contribution >= 0.6 is 15.9 Å². The number of para-hydroxylation sites is 1. The second-order valence-corrected chi connectivity index (χ2v) is 7.72. The molecule has 0 aliphatic heterocycles. The minimum absolute atomic E-state index is 0.519. The van der Waals surface area contributed by atoms with Crippen LogP contribution in [0, 0.1) is 0 Å². The topological polar surface area (TPSA) is 23.5 Å². The molecule has 3 aromatic rings. The summed E-state index contributed by atoms with van der Waals surface area (Å²) in [4.78, 5) is 2.24. The lowest BCUT2D eigenvalue weighted by atomic mass is 9.95. The molecule has 0 fully saturated rings. The van der Waals surface area contributed by atoms with Gasteiger partial charge in [-0.15, -0.1) is 0 Å². The van der Waals surface area contributed by atoms with E-state index in [9.17, 15) is 5.11 Å². The Bertz CT molecular complexity index is 879. The smallest absolute Gasteiger partial charge is 0.0813 e. The molecule has 0 radical (unpaired) electrons. The maximum atomic E-state index is 11.0. The van der Waals surface area contributed by atoms with E-state index < -0.39 is 6.10 Å². The van der Waals surface area contributed by atoms with Crippen molar-refractivity contribution in [3.05, 3.63) is 88.4 Å². The highest BCUT2D eigenvalue weighted by atomic mass is 79.9. The van der Waals surface area contributed by atoms with Gasteiger partial charge in [0, 0.05) is 23.8 Å². The molecule has 0 saturated heterocycles. The van der Waals surface area contributed by atoms with Gasteiger partial charge in [0.25, 0.3) is 0 Å². The third-order valence-electron chi connectivity index (χ3n) is 4.98. The van der Waals surface area contributed by atoms with E-state index in [4.69, 9.17) is 0 Å². The third-order valence-corrected chi connectivity index (χ3v) is 5.47. The average molecular weight is 424 g/mol.